The van der Waals surface area contributed by atoms with Gasteiger partial charge < -0.3 is 19.0 Å². The summed E-state index contributed by atoms with van der Waals surface area (Å²) in [4.78, 5) is 17.6. The van der Waals surface area contributed by atoms with Gasteiger partial charge in [-0.3, -0.25) is 4.79 Å². The smallest absolute Gasteiger partial charge is 0.287 e. The molecule has 0 spiro atoms. The second-order valence-electron chi connectivity index (χ2n) is 8.93. The number of nitrogens with zero attached hydrogens (tertiary/aromatic N) is 2. The maximum atomic E-state index is 13.5. The van der Waals surface area contributed by atoms with E-state index in [9.17, 15) is 9.18 Å². The first kappa shape index (κ1) is 22.9. The molecule has 2 aromatic heterocycles. The zero-order chi connectivity index (χ0) is 24.4. The molecule has 1 aliphatic carbocycles. The fourth-order valence-corrected chi connectivity index (χ4v) is 4.71. The molecule has 2 aromatic carbocycles. The lowest BCUT2D eigenvalue weighted by Gasteiger charge is -2.15. The van der Waals surface area contributed by atoms with Gasteiger partial charge in [-0.2, -0.15) is 0 Å². The zero-order valence-corrected chi connectivity index (χ0v) is 19.8. The summed E-state index contributed by atoms with van der Waals surface area (Å²) in [5.41, 5.74) is 3.29. The number of hydrogen-bond acceptors (Lipinski definition) is 4. The van der Waals surface area contributed by atoms with E-state index in [0.29, 0.717) is 17.5 Å². The van der Waals surface area contributed by atoms with Crippen LogP contribution in [0.3, 0.4) is 0 Å². The monoisotopic (exact) mass is 473 g/mol. The third-order valence-corrected chi connectivity index (χ3v) is 6.66. The summed E-state index contributed by atoms with van der Waals surface area (Å²) in [6.45, 7) is 1.92. The van der Waals surface area contributed by atoms with Crippen molar-refractivity contribution in [3.63, 3.8) is 0 Å². The first-order valence-corrected chi connectivity index (χ1v) is 11.9. The fourth-order valence-electron chi connectivity index (χ4n) is 4.71. The van der Waals surface area contributed by atoms with Gasteiger partial charge in [0.05, 0.1) is 25.2 Å². The quantitative estimate of drug-likeness (QED) is 0.330. The minimum Gasteiger partial charge on any atom is -0.497 e. The van der Waals surface area contributed by atoms with Gasteiger partial charge in [0.1, 0.15) is 17.3 Å². The molecule has 180 valence electrons. The van der Waals surface area contributed by atoms with Crippen molar-refractivity contribution in [3.8, 4) is 28.5 Å². The Balaban J connectivity index is 1.43. The summed E-state index contributed by atoms with van der Waals surface area (Å²) in [5, 5.41) is 2.99. The van der Waals surface area contributed by atoms with Crippen LogP contribution in [0.5, 0.6) is 5.75 Å². The maximum absolute atomic E-state index is 13.5. The van der Waals surface area contributed by atoms with Crippen molar-refractivity contribution in [3.05, 3.63) is 84.1 Å². The molecule has 7 heteroatoms. The maximum Gasteiger partial charge on any atom is 0.287 e. The summed E-state index contributed by atoms with van der Waals surface area (Å²) in [5.74, 6) is 0.961. The predicted octanol–water partition coefficient (Wildman–Crippen LogP) is 6.56. The van der Waals surface area contributed by atoms with E-state index < -0.39 is 0 Å². The SMILES string of the molecule is COc1ccc([C@H](C)NC(=O)c2ccc(-c3c(-c4ccc(F)cc4)ncn3C3CCCC3)o2)cc1. The minimum absolute atomic E-state index is 0.208. The molecule has 1 amide bonds. The Kier molecular flexibility index (Phi) is 6.40. The zero-order valence-electron chi connectivity index (χ0n) is 19.8. The highest BCUT2D eigenvalue weighted by molar-refractivity contribution is 5.92. The molecule has 4 aromatic rings. The lowest BCUT2D eigenvalue weighted by molar-refractivity contribution is 0.0912. The van der Waals surface area contributed by atoms with Crippen LogP contribution in [0, 0.1) is 5.82 Å². The van der Waals surface area contributed by atoms with E-state index in [1.807, 2.05) is 43.6 Å². The Morgan fingerprint density at radius 2 is 1.80 bits per heavy atom. The molecule has 6 nitrogen and oxygen atoms in total. The van der Waals surface area contributed by atoms with Gasteiger partial charge in [-0.1, -0.05) is 25.0 Å². The van der Waals surface area contributed by atoms with E-state index in [4.69, 9.17) is 9.15 Å². The highest BCUT2D eigenvalue weighted by atomic mass is 19.1. The third-order valence-electron chi connectivity index (χ3n) is 6.66. The molecule has 1 N–H and O–H groups in total. The van der Waals surface area contributed by atoms with Crippen LogP contribution >= 0.6 is 0 Å². The molecule has 35 heavy (non-hydrogen) atoms. The van der Waals surface area contributed by atoms with Crippen molar-refractivity contribution in [2.24, 2.45) is 0 Å². The van der Waals surface area contributed by atoms with E-state index in [1.54, 1.807) is 25.3 Å². The molecule has 0 saturated heterocycles. The average Bonchev–Trinajstić information content (AvgIpc) is 3.64. The van der Waals surface area contributed by atoms with Crippen LogP contribution in [-0.4, -0.2) is 22.6 Å². The molecule has 0 bridgehead atoms. The highest BCUT2D eigenvalue weighted by Crippen LogP contribution is 2.39. The van der Waals surface area contributed by atoms with Gasteiger partial charge >= 0.3 is 0 Å². The number of aromatic nitrogens is 2. The normalized spacial score (nSPS) is 14.7. The van der Waals surface area contributed by atoms with Crippen molar-refractivity contribution < 1.29 is 18.3 Å². The Morgan fingerprint density at radius 1 is 1.09 bits per heavy atom. The second kappa shape index (κ2) is 9.78. The number of imidazole rings is 1. The lowest BCUT2D eigenvalue weighted by atomic mass is 10.1. The number of rotatable bonds is 7. The number of carbonyl (C=O) groups excluding carboxylic acids is 1. The number of ether oxygens (including phenoxy) is 1. The second-order valence-corrected chi connectivity index (χ2v) is 8.93. The van der Waals surface area contributed by atoms with Crippen molar-refractivity contribution in [1.29, 1.82) is 0 Å². The summed E-state index contributed by atoms with van der Waals surface area (Å²) in [7, 11) is 1.62. The number of carbonyl (C=O) groups is 1. The number of halogens is 1. The van der Waals surface area contributed by atoms with E-state index in [2.05, 4.69) is 14.9 Å². The molecule has 2 heterocycles. The Morgan fingerprint density at radius 3 is 2.49 bits per heavy atom. The molecule has 0 aliphatic heterocycles. The van der Waals surface area contributed by atoms with Gasteiger partial charge in [-0.15, -0.1) is 0 Å². The molecule has 1 fully saturated rings. The summed E-state index contributed by atoms with van der Waals surface area (Å²) >= 11 is 0. The molecule has 1 saturated carbocycles. The van der Waals surface area contributed by atoms with Crippen molar-refractivity contribution in [1.82, 2.24) is 14.9 Å². The largest absolute Gasteiger partial charge is 0.497 e. The number of hydrogen-bond donors (Lipinski definition) is 1. The van der Waals surface area contributed by atoms with Crippen LogP contribution < -0.4 is 10.1 Å². The van der Waals surface area contributed by atoms with Crippen LogP contribution in [0.4, 0.5) is 4.39 Å². The predicted molar refractivity (Wildman–Crippen MR) is 132 cm³/mol. The van der Waals surface area contributed by atoms with Crippen LogP contribution in [0.2, 0.25) is 0 Å². The standard InChI is InChI=1S/C28H28FN3O3/c1-18(19-9-13-23(34-2)14-10-19)31-28(33)25-16-15-24(35-25)27-26(20-7-11-21(29)12-8-20)30-17-32(27)22-5-3-4-6-22/h7-18,22H,3-6H2,1-2H3,(H,31,33)/t18-/m0/s1. The first-order valence-electron chi connectivity index (χ1n) is 11.9. The van der Waals surface area contributed by atoms with Crippen molar-refractivity contribution in [2.75, 3.05) is 7.11 Å². The van der Waals surface area contributed by atoms with Gasteiger partial charge in [-0.05, 0) is 73.9 Å². The Bertz CT molecular complexity index is 1300. The molecular weight excluding hydrogens is 445 g/mol. The highest BCUT2D eigenvalue weighted by Gasteiger charge is 2.26. The van der Waals surface area contributed by atoms with Gasteiger partial charge in [0.15, 0.2) is 11.5 Å². The van der Waals surface area contributed by atoms with E-state index >= 15 is 0 Å². The van der Waals surface area contributed by atoms with Crippen molar-refractivity contribution in [2.45, 2.75) is 44.7 Å². The van der Waals surface area contributed by atoms with Gasteiger partial charge in [0, 0.05) is 11.6 Å². The van der Waals surface area contributed by atoms with Crippen LogP contribution in [0.15, 0.2) is 71.4 Å². The molecule has 0 unspecified atom stereocenters. The van der Waals surface area contributed by atoms with Crippen LogP contribution in [0.1, 0.15) is 60.8 Å². The Hall–Kier alpha value is -3.87. The van der Waals surface area contributed by atoms with Crippen LogP contribution in [-0.2, 0) is 0 Å². The molecule has 5 rings (SSSR count). The summed E-state index contributed by atoms with van der Waals surface area (Å²) < 4.78 is 27.0. The molecule has 1 aliphatic rings. The van der Waals surface area contributed by atoms with Gasteiger partial charge in [-0.25, -0.2) is 9.37 Å². The summed E-state index contributed by atoms with van der Waals surface area (Å²) in [6.07, 6.45) is 6.31. The topological polar surface area (TPSA) is 69.3 Å². The number of furan rings is 1. The summed E-state index contributed by atoms with van der Waals surface area (Å²) in [6, 6.07) is 17.5. The number of benzene rings is 2. The van der Waals surface area contributed by atoms with E-state index in [1.165, 1.54) is 25.0 Å². The molecular formula is C28H28FN3O3. The lowest BCUT2D eigenvalue weighted by Crippen LogP contribution is -2.26. The fraction of sp³-hybridized carbons (Fsp3) is 0.286. The van der Waals surface area contributed by atoms with Crippen molar-refractivity contribution >= 4 is 5.91 Å². The van der Waals surface area contributed by atoms with Gasteiger partial charge in [0.25, 0.3) is 5.91 Å². The number of nitrogens with one attached hydrogen (secondary N) is 1. The number of amides is 1. The van der Waals surface area contributed by atoms with E-state index in [0.717, 1.165) is 35.4 Å². The third kappa shape index (κ3) is 4.71. The van der Waals surface area contributed by atoms with Crippen LogP contribution in [0.25, 0.3) is 22.7 Å². The van der Waals surface area contributed by atoms with Gasteiger partial charge in [0.2, 0.25) is 0 Å². The van der Waals surface area contributed by atoms with E-state index in [-0.39, 0.29) is 23.5 Å². The first-order chi connectivity index (χ1) is 17.0. The molecule has 1 atom stereocenters. The minimum atomic E-state index is -0.298. The number of methoxy groups -OCH3 is 1. The Labute approximate surface area is 203 Å². The average molecular weight is 474 g/mol. The molecule has 0 radical (unpaired) electrons.